The van der Waals surface area contributed by atoms with Crippen LogP contribution in [0.25, 0.3) is 0 Å². The predicted octanol–water partition coefficient (Wildman–Crippen LogP) is 3.12. The Hall–Kier alpha value is -2.93. The van der Waals surface area contributed by atoms with E-state index in [4.69, 9.17) is 10.00 Å². The van der Waals surface area contributed by atoms with Gasteiger partial charge in [-0.3, -0.25) is 14.4 Å². The zero-order valence-corrected chi connectivity index (χ0v) is 18.7. The first-order valence-electron chi connectivity index (χ1n) is 10.7. The second kappa shape index (κ2) is 7.29. The molecule has 5 atom stereocenters. The molecule has 1 aromatic rings. The molecule has 0 spiro atoms. The second-order valence-corrected chi connectivity index (χ2v) is 9.42. The Balaban J connectivity index is 1.74. The number of amides is 3. The Morgan fingerprint density at radius 2 is 1.91 bits per heavy atom. The van der Waals surface area contributed by atoms with E-state index in [1.165, 1.54) is 6.07 Å². The van der Waals surface area contributed by atoms with Crippen LogP contribution < -0.4 is 4.90 Å². The summed E-state index contributed by atoms with van der Waals surface area (Å²) in [5.74, 6) is -4.06. The zero-order chi connectivity index (χ0) is 24.5. The molecule has 10 heteroatoms. The van der Waals surface area contributed by atoms with Gasteiger partial charge in [0.1, 0.15) is 0 Å². The van der Waals surface area contributed by atoms with Gasteiger partial charge in [0, 0.05) is 13.6 Å². The number of hydrogen-bond acceptors (Lipinski definition) is 5. The number of carbonyl (C=O) groups is 3. The van der Waals surface area contributed by atoms with Gasteiger partial charge in [-0.1, -0.05) is 6.92 Å². The first-order valence-corrected chi connectivity index (χ1v) is 10.7. The smallest absolute Gasteiger partial charge is 0.367 e. The average Bonchev–Trinajstić information content (AvgIpc) is 3.27. The van der Waals surface area contributed by atoms with Gasteiger partial charge in [-0.2, -0.15) is 18.4 Å². The van der Waals surface area contributed by atoms with E-state index in [-0.39, 0.29) is 18.0 Å². The molecule has 4 rings (SSSR count). The number of benzene rings is 1. The SMILES string of the molecule is CCCN(C)C(=O)[C@@H]1C[C@@]2(C)O[C@]1(C)[C@@H]1C(=O)N(c3ccc(C#N)c(C(F)(F)F)c3)C(=O)[C@@H]12. The number of fused-ring (bicyclic) bond motifs is 5. The molecule has 0 saturated carbocycles. The number of rotatable bonds is 4. The summed E-state index contributed by atoms with van der Waals surface area (Å²) in [6.07, 6.45) is -3.84. The highest BCUT2D eigenvalue weighted by Gasteiger charge is 2.77. The summed E-state index contributed by atoms with van der Waals surface area (Å²) in [5, 5.41) is 9.03. The van der Waals surface area contributed by atoms with Crippen molar-refractivity contribution in [2.24, 2.45) is 17.8 Å². The minimum Gasteiger partial charge on any atom is -0.367 e. The van der Waals surface area contributed by atoms with Crippen LogP contribution in [0, 0.1) is 29.1 Å². The lowest BCUT2D eigenvalue weighted by Crippen LogP contribution is -2.52. The molecule has 0 unspecified atom stereocenters. The number of anilines is 1. The number of imide groups is 1. The molecule has 0 radical (unpaired) electrons. The van der Waals surface area contributed by atoms with Gasteiger partial charge in [-0.25, -0.2) is 4.90 Å². The molecular weight excluding hydrogens is 439 g/mol. The molecule has 176 valence electrons. The lowest BCUT2D eigenvalue weighted by Gasteiger charge is -2.36. The van der Waals surface area contributed by atoms with E-state index in [0.29, 0.717) is 12.6 Å². The van der Waals surface area contributed by atoms with Gasteiger partial charge >= 0.3 is 6.18 Å². The predicted molar refractivity (Wildman–Crippen MR) is 110 cm³/mol. The summed E-state index contributed by atoms with van der Waals surface area (Å²) in [7, 11) is 1.67. The molecule has 3 saturated heterocycles. The maximum absolute atomic E-state index is 13.5. The van der Waals surface area contributed by atoms with Crippen LogP contribution in [0.15, 0.2) is 18.2 Å². The summed E-state index contributed by atoms with van der Waals surface area (Å²) in [5.41, 5.74) is -4.40. The highest BCUT2D eigenvalue weighted by molar-refractivity contribution is 6.23. The van der Waals surface area contributed by atoms with Crippen LogP contribution in [-0.2, 0) is 25.3 Å². The molecule has 3 aliphatic heterocycles. The lowest BCUT2D eigenvalue weighted by molar-refractivity contribution is -0.144. The number of carbonyl (C=O) groups excluding carboxylic acids is 3. The van der Waals surface area contributed by atoms with Crippen molar-refractivity contribution < 1.29 is 32.3 Å². The summed E-state index contributed by atoms with van der Waals surface area (Å²) < 4.78 is 46.6. The van der Waals surface area contributed by atoms with Crippen molar-refractivity contribution in [2.75, 3.05) is 18.5 Å². The van der Waals surface area contributed by atoms with Crippen molar-refractivity contribution in [2.45, 2.75) is 51.0 Å². The van der Waals surface area contributed by atoms with Crippen LogP contribution in [0.1, 0.15) is 44.7 Å². The standard InChI is InChI=1S/C23H24F3N3O4/c1-5-8-28(4)18(30)15-10-21(2)16-17(22(15,3)33-21)20(32)29(19(16)31)13-7-6-12(11-27)14(9-13)23(24,25)26/h6-7,9,15-17H,5,8,10H2,1-4H3/t15-,16+,17-,21+,22-/m0/s1. The highest BCUT2D eigenvalue weighted by Crippen LogP contribution is 2.63. The first kappa shape index (κ1) is 23.2. The number of alkyl halides is 3. The third kappa shape index (κ3) is 3.16. The maximum atomic E-state index is 13.5. The Morgan fingerprint density at radius 3 is 2.48 bits per heavy atom. The second-order valence-electron chi connectivity index (χ2n) is 9.42. The van der Waals surface area contributed by atoms with Crippen molar-refractivity contribution in [3.05, 3.63) is 29.3 Å². The summed E-state index contributed by atoms with van der Waals surface area (Å²) in [6.45, 7) is 5.78. The minimum atomic E-state index is -4.83. The number of hydrogen-bond donors (Lipinski definition) is 0. The van der Waals surface area contributed by atoms with Crippen molar-refractivity contribution in [1.29, 1.82) is 5.26 Å². The van der Waals surface area contributed by atoms with Crippen molar-refractivity contribution in [1.82, 2.24) is 4.90 Å². The molecule has 3 aliphatic rings. The molecular formula is C23H24F3N3O4. The van der Waals surface area contributed by atoms with Crippen molar-refractivity contribution in [3.63, 3.8) is 0 Å². The number of halogens is 3. The molecule has 0 aromatic heterocycles. The van der Waals surface area contributed by atoms with E-state index in [0.717, 1.165) is 23.5 Å². The maximum Gasteiger partial charge on any atom is 0.417 e. The fourth-order valence-electron chi connectivity index (χ4n) is 5.86. The third-order valence-electron chi connectivity index (χ3n) is 7.26. The molecule has 7 nitrogen and oxygen atoms in total. The van der Waals surface area contributed by atoms with Gasteiger partial charge in [0.25, 0.3) is 0 Å². The topological polar surface area (TPSA) is 90.7 Å². The van der Waals surface area contributed by atoms with E-state index < -0.39 is 58.1 Å². The van der Waals surface area contributed by atoms with Gasteiger partial charge < -0.3 is 9.64 Å². The van der Waals surface area contributed by atoms with E-state index in [2.05, 4.69) is 0 Å². The summed E-state index contributed by atoms with van der Waals surface area (Å²) in [6, 6.07) is 4.25. The summed E-state index contributed by atoms with van der Waals surface area (Å²) >= 11 is 0. The third-order valence-corrected chi connectivity index (χ3v) is 7.26. The Morgan fingerprint density at radius 1 is 1.27 bits per heavy atom. The van der Waals surface area contributed by atoms with Crippen LogP contribution in [0.4, 0.5) is 18.9 Å². The van der Waals surface area contributed by atoms with Crippen LogP contribution in [0.3, 0.4) is 0 Å². The molecule has 0 aliphatic carbocycles. The van der Waals surface area contributed by atoms with Crippen LogP contribution in [-0.4, -0.2) is 47.4 Å². The van der Waals surface area contributed by atoms with Gasteiger partial charge in [0.15, 0.2) is 0 Å². The Bertz CT molecular complexity index is 1100. The molecule has 1 aromatic carbocycles. The molecule has 2 bridgehead atoms. The quantitative estimate of drug-likeness (QED) is 0.640. The molecule has 0 N–H and O–H groups in total. The Kier molecular flexibility index (Phi) is 5.13. The highest BCUT2D eigenvalue weighted by atomic mass is 19.4. The largest absolute Gasteiger partial charge is 0.417 e. The molecule has 3 amide bonds. The van der Waals surface area contributed by atoms with E-state index in [1.54, 1.807) is 25.8 Å². The fraction of sp³-hybridized carbons (Fsp3) is 0.565. The Labute approximate surface area is 189 Å². The summed E-state index contributed by atoms with van der Waals surface area (Å²) in [4.78, 5) is 42.3. The monoisotopic (exact) mass is 463 g/mol. The van der Waals surface area contributed by atoms with Gasteiger partial charge in [-0.05, 0) is 44.9 Å². The lowest BCUT2D eigenvalue weighted by atomic mass is 9.63. The van der Waals surface area contributed by atoms with Crippen LogP contribution >= 0.6 is 0 Å². The van der Waals surface area contributed by atoms with Crippen LogP contribution in [0.2, 0.25) is 0 Å². The fourth-order valence-corrected chi connectivity index (χ4v) is 5.86. The molecule has 33 heavy (non-hydrogen) atoms. The number of nitriles is 1. The first-order chi connectivity index (χ1) is 15.3. The van der Waals surface area contributed by atoms with Crippen molar-refractivity contribution in [3.8, 4) is 6.07 Å². The van der Waals surface area contributed by atoms with Gasteiger partial charge in [0.05, 0.1) is 51.8 Å². The zero-order valence-electron chi connectivity index (χ0n) is 18.7. The van der Waals surface area contributed by atoms with Crippen LogP contribution in [0.5, 0.6) is 0 Å². The molecule has 3 fully saturated rings. The minimum absolute atomic E-state index is 0.182. The number of ether oxygens (including phenoxy) is 1. The number of nitrogens with zero attached hydrogens (tertiary/aromatic N) is 3. The van der Waals surface area contributed by atoms with E-state index in [9.17, 15) is 27.6 Å². The van der Waals surface area contributed by atoms with E-state index in [1.807, 2.05) is 6.92 Å². The normalized spacial score (nSPS) is 32.8. The van der Waals surface area contributed by atoms with Gasteiger partial charge in [-0.15, -0.1) is 0 Å². The average molecular weight is 463 g/mol. The molecule has 3 heterocycles. The van der Waals surface area contributed by atoms with Crippen molar-refractivity contribution >= 4 is 23.4 Å². The van der Waals surface area contributed by atoms with E-state index >= 15 is 0 Å². The van der Waals surface area contributed by atoms with Gasteiger partial charge in [0.2, 0.25) is 17.7 Å².